The fraction of sp³-hybridized carbons (Fsp3) is 0.522. The van der Waals surface area contributed by atoms with E-state index in [4.69, 9.17) is 4.74 Å². The molecular weight excluding hydrogens is 350 g/mol. The van der Waals surface area contributed by atoms with E-state index in [0.717, 1.165) is 42.5 Å². The second kappa shape index (κ2) is 10.2. The molecule has 0 heterocycles. The molecular formula is C23H33N3O2. The Hall–Kier alpha value is -2.43. The van der Waals surface area contributed by atoms with Gasteiger partial charge < -0.3 is 20.7 Å². The first-order valence-electron chi connectivity index (χ1n) is 10.5. The van der Waals surface area contributed by atoms with Gasteiger partial charge in [-0.05, 0) is 44.1 Å². The first-order valence-corrected chi connectivity index (χ1v) is 10.5. The van der Waals surface area contributed by atoms with Gasteiger partial charge in [-0.2, -0.15) is 0 Å². The predicted molar refractivity (Wildman–Crippen MR) is 116 cm³/mol. The molecule has 0 spiro atoms. The summed E-state index contributed by atoms with van der Waals surface area (Å²) >= 11 is 0. The summed E-state index contributed by atoms with van der Waals surface area (Å²) in [5.74, 6) is 0.856. The van der Waals surface area contributed by atoms with Gasteiger partial charge in [-0.15, -0.1) is 0 Å². The number of methoxy groups -OCH3 is 1. The third-order valence-corrected chi connectivity index (χ3v) is 5.51. The molecule has 0 bridgehead atoms. The molecule has 5 heteroatoms. The highest BCUT2D eigenvalue weighted by molar-refractivity contribution is 5.95. The Labute approximate surface area is 168 Å². The fourth-order valence-electron chi connectivity index (χ4n) is 3.95. The van der Waals surface area contributed by atoms with Crippen LogP contribution >= 0.6 is 0 Å². The van der Waals surface area contributed by atoms with Crippen molar-refractivity contribution in [2.24, 2.45) is 0 Å². The highest BCUT2D eigenvalue weighted by Gasteiger charge is 2.15. The Kier molecular flexibility index (Phi) is 7.40. The molecule has 28 heavy (non-hydrogen) atoms. The number of amides is 2. The summed E-state index contributed by atoms with van der Waals surface area (Å²) in [5, 5.41) is 12.1. The summed E-state index contributed by atoms with van der Waals surface area (Å²) in [6.45, 7) is 2.87. The minimum Gasteiger partial charge on any atom is -0.497 e. The van der Waals surface area contributed by atoms with Crippen LogP contribution in [0.3, 0.4) is 0 Å². The van der Waals surface area contributed by atoms with Gasteiger partial charge in [0.2, 0.25) is 0 Å². The van der Waals surface area contributed by atoms with Gasteiger partial charge >= 0.3 is 6.03 Å². The Morgan fingerprint density at radius 2 is 1.96 bits per heavy atom. The monoisotopic (exact) mass is 383 g/mol. The normalized spacial score (nSPS) is 15.8. The Balaban J connectivity index is 1.44. The standard InChI is InChI=1S/C23H33N3O2/c1-17(9-8-14-24-23(27)26-19-11-4-3-5-12-19)25-22-16-20(28-2)15-18-10-6-7-13-21(18)22/h6-7,10,13,15-17,19,25H,3-5,8-9,11-12,14H2,1-2H3,(H2,24,26,27). The summed E-state index contributed by atoms with van der Waals surface area (Å²) < 4.78 is 5.44. The van der Waals surface area contributed by atoms with Crippen LogP contribution < -0.4 is 20.7 Å². The van der Waals surface area contributed by atoms with Crippen molar-refractivity contribution >= 4 is 22.5 Å². The molecule has 1 fully saturated rings. The number of hydrogen-bond acceptors (Lipinski definition) is 3. The lowest BCUT2D eigenvalue weighted by atomic mass is 9.96. The number of fused-ring (bicyclic) bond motifs is 1. The number of nitrogens with one attached hydrogen (secondary N) is 3. The molecule has 152 valence electrons. The van der Waals surface area contributed by atoms with Gasteiger partial charge in [-0.25, -0.2) is 4.79 Å². The Morgan fingerprint density at radius 3 is 2.75 bits per heavy atom. The number of ether oxygens (including phenoxy) is 1. The highest BCUT2D eigenvalue weighted by Crippen LogP contribution is 2.30. The van der Waals surface area contributed by atoms with Crippen molar-refractivity contribution in [2.75, 3.05) is 19.0 Å². The fourth-order valence-corrected chi connectivity index (χ4v) is 3.95. The van der Waals surface area contributed by atoms with E-state index < -0.39 is 0 Å². The van der Waals surface area contributed by atoms with Crippen LogP contribution in [0.2, 0.25) is 0 Å². The minimum atomic E-state index is -0.0219. The van der Waals surface area contributed by atoms with E-state index in [9.17, 15) is 4.79 Å². The van der Waals surface area contributed by atoms with E-state index in [2.05, 4.69) is 53.2 Å². The summed E-state index contributed by atoms with van der Waals surface area (Å²) in [7, 11) is 1.70. The first kappa shape index (κ1) is 20.3. The van der Waals surface area contributed by atoms with Crippen molar-refractivity contribution < 1.29 is 9.53 Å². The van der Waals surface area contributed by atoms with E-state index in [1.807, 2.05) is 6.07 Å². The van der Waals surface area contributed by atoms with Crippen molar-refractivity contribution in [3.8, 4) is 5.75 Å². The van der Waals surface area contributed by atoms with Crippen LogP contribution in [0.25, 0.3) is 10.8 Å². The average molecular weight is 384 g/mol. The summed E-state index contributed by atoms with van der Waals surface area (Å²) in [5.41, 5.74) is 1.09. The van der Waals surface area contributed by atoms with Gasteiger partial charge in [0.15, 0.2) is 0 Å². The van der Waals surface area contributed by atoms with Crippen LogP contribution in [-0.2, 0) is 0 Å². The molecule has 0 saturated heterocycles. The van der Waals surface area contributed by atoms with E-state index in [-0.39, 0.29) is 6.03 Å². The second-order valence-electron chi connectivity index (χ2n) is 7.82. The molecule has 1 aliphatic carbocycles. The van der Waals surface area contributed by atoms with Crippen LogP contribution in [0.1, 0.15) is 51.9 Å². The van der Waals surface area contributed by atoms with Crippen molar-refractivity contribution in [3.05, 3.63) is 36.4 Å². The third-order valence-electron chi connectivity index (χ3n) is 5.51. The zero-order chi connectivity index (χ0) is 19.8. The zero-order valence-electron chi connectivity index (χ0n) is 17.1. The van der Waals surface area contributed by atoms with Crippen molar-refractivity contribution in [2.45, 2.75) is 64.0 Å². The number of anilines is 1. The lowest BCUT2D eigenvalue weighted by molar-refractivity contribution is 0.232. The molecule has 0 radical (unpaired) electrons. The molecule has 2 aromatic carbocycles. The molecule has 0 aromatic heterocycles. The maximum atomic E-state index is 12.0. The van der Waals surface area contributed by atoms with Gasteiger partial charge in [0, 0.05) is 35.8 Å². The lowest BCUT2D eigenvalue weighted by Crippen LogP contribution is -2.43. The smallest absolute Gasteiger partial charge is 0.315 e. The summed E-state index contributed by atoms with van der Waals surface area (Å²) in [6.07, 6.45) is 7.91. The Bertz CT molecular complexity index is 772. The maximum Gasteiger partial charge on any atom is 0.315 e. The average Bonchev–Trinajstić information content (AvgIpc) is 2.72. The van der Waals surface area contributed by atoms with Gasteiger partial charge in [-0.3, -0.25) is 0 Å². The highest BCUT2D eigenvalue weighted by atomic mass is 16.5. The summed E-state index contributed by atoms with van der Waals surface area (Å²) in [4.78, 5) is 12.0. The SMILES string of the molecule is COc1cc(NC(C)CCCNC(=O)NC2CCCCC2)c2ccccc2c1. The number of benzene rings is 2. The quantitative estimate of drug-likeness (QED) is 0.558. The van der Waals surface area contributed by atoms with Gasteiger partial charge in [0.1, 0.15) is 5.75 Å². The zero-order valence-corrected chi connectivity index (χ0v) is 17.1. The molecule has 2 aromatic rings. The molecule has 0 aliphatic heterocycles. The number of urea groups is 1. The van der Waals surface area contributed by atoms with Gasteiger partial charge in [0.05, 0.1) is 7.11 Å². The largest absolute Gasteiger partial charge is 0.497 e. The van der Waals surface area contributed by atoms with E-state index in [0.29, 0.717) is 18.6 Å². The molecule has 3 rings (SSSR count). The number of hydrogen-bond donors (Lipinski definition) is 3. The van der Waals surface area contributed by atoms with Crippen molar-refractivity contribution in [1.82, 2.24) is 10.6 Å². The minimum absolute atomic E-state index is 0.0219. The molecule has 1 aliphatic rings. The van der Waals surface area contributed by atoms with E-state index in [1.54, 1.807) is 7.11 Å². The van der Waals surface area contributed by atoms with E-state index in [1.165, 1.54) is 24.6 Å². The van der Waals surface area contributed by atoms with Crippen molar-refractivity contribution in [1.29, 1.82) is 0 Å². The summed E-state index contributed by atoms with van der Waals surface area (Å²) in [6, 6.07) is 13.1. The van der Waals surface area contributed by atoms with Crippen molar-refractivity contribution in [3.63, 3.8) is 0 Å². The Morgan fingerprint density at radius 1 is 1.18 bits per heavy atom. The van der Waals surface area contributed by atoms with Crippen LogP contribution in [0.5, 0.6) is 5.75 Å². The van der Waals surface area contributed by atoms with Crippen LogP contribution in [0, 0.1) is 0 Å². The molecule has 5 nitrogen and oxygen atoms in total. The van der Waals surface area contributed by atoms with Crippen LogP contribution in [-0.4, -0.2) is 31.8 Å². The van der Waals surface area contributed by atoms with Crippen LogP contribution in [0.4, 0.5) is 10.5 Å². The third kappa shape index (κ3) is 5.78. The number of carbonyl (C=O) groups excluding carboxylic acids is 1. The number of rotatable bonds is 8. The molecule has 1 unspecified atom stereocenters. The molecule has 1 atom stereocenters. The van der Waals surface area contributed by atoms with Gasteiger partial charge in [0.25, 0.3) is 0 Å². The number of carbonyl (C=O) groups is 1. The first-order chi connectivity index (χ1) is 13.7. The second-order valence-corrected chi connectivity index (χ2v) is 7.82. The topological polar surface area (TPSA) is 62.4 Å². The van der Waals surface area contributed by atoms with E-state index >= 15 is 0 Å². The molecule has 2 amide bonds. The molecule has 1 saturated carbocycles. The van der Waals surface area contributed by atoms with Gasteiger partial charge in [-0.1, -0.05) is 43.5 Å². The molecule has 3 N–H and O–H groups in total. The predicted octanol–water partition coefficient (Wildman–Crippen LogP) is 5.06. The maximum absolute atomic E-state index is 12.0. The van der Waals surface area contributed by atoms with Crippen LogP contribution in [0.15, 0.2) is 36.4 Å². The lowest BCUT2D eigenvalue weighted by Gasteiger charge is -2.23.